The largest absolute Gasteiger partial charge is 0.297 e. The lowest BCUT2D eigenvalue weighted by molar-refractivity contribution is -0.104. The van der Waals surface area contributed by atoms with E-state index in [0.29, 0.717) is 4.91 Å². The third kappa shape index (κ3) is 1.15. The minimum atomic E-state index is 0.583. The number of nitrogens with one attached hydrogen (secondary N) is 1. The van der Waals surface area contributed by atoms with Crippen LogP contribution in [0.4, 0.5) is 0 Å². The Bertz CT molecular complexity index is 137. The Morgan fingerprint density at radius 3 is 3.00 bits per heavy atom. The Morgan fingerprint density at radius 2 is 2.75 bits per heavy atom. The number of nitrogens with zero attached hydrogens (tertiary/aromatic N) is 1. The predicted molar refractivity (Wildman–Crippen MR) is 32.6 cm³/mol. The summed E-state index contributed by atoms with van der Waals surface area (Å²) in [6.45, 7) is 0. The fourth-order valence-electron chi connectivity index (χ4n) is 0.315. The Balaban J connectivity index is 2.56. The Labute approximate surface area is 55.9 Å². The highest BCUT2D eigenvalue weighted by atomic mass is 35.5. The van der Waals surface area contributed by atoms with E-state index in [0.717, 1.165) is 6.29 Å². The van der Waals surface area contributed by atoms with Gasteiger partial charge in [-0.1, -0.05) is 0 Å². The summed E-state index contributed by atoms with van der Waals surface area (Å²) in [6, 6.07) is 0. The lowest BCUT2D eigenvalue weighted by Gasteiger charge is -1.97. The molecule has 0 aromatic carbocycles. The number of hydrogen-bond acceptors (Lipinski definition) is 4. The second-order valence-corrected chi connectivity index (χ2v) is 2.38. The zero-order valence-electron chi connectivity index (χ0n) is 3.80. The van der Waals surface area contributed by atoms with E-state index in [1.54, 1.807) is 0 Å². The number of allylic oxidation sites excluding steroid dienone is 1. The van der Waals surface area contributed by atoms with Crippen LogP contribution in [0, 0.1) is 0 Å². The van der Waals surface area contributed by atoms with Crippen LogP contribution in [0.5, 0.6) is 0 Å². The molecule has 3 nitrogen and oxygen atoms in total. The molecule has 8 heavy (non-hydrogen) atoms. The molecule has 0 spiro atoms. The van der Waals surface area contributed by atoms with Crippen LogP contribution >= 0.6 is 23.7 Å². The van der Waals surface area contributed by atoms with Gasteiger partial charge in [-0.05, 0) is 11.9 Å². The molecular weight excluding hydrogens is 148 g/mol. The zero-order chi connectivity index (χ0) is 5.98. The number of carbonyl (C=O) groups excluding carboxylic acids is 1. The molecular formula is C3H3ClN2OS. The van der Waals surface area contributed by atoms with Crippen molar-refractivity contribution >= 4 is 30.0 Å². The van der Waals surface area contributed by atoms with Gasteiger partial charge >= 0.3 is 0 Å². The number of carbonyl (C=O) groups is 1. The van der Waals surface area contributed by atoms with Gasteiger partial charge in [-0.3, -0.25) is 4.79 Å². The molecule has 1 aliphatic heterocycles. The van der Waals surface area contributed by atoms with Crippen molar-refractivity contribution in [3.05, 3.63) is 11.1 Å². The third-order valence-electron chi connectivity index (χ3n) is 0.607. The lowest BCUT2D eigenvalue weighted by atomic mass is 10.7. The summed E-state index contributed by atoms with van der Waals surface area (Å²) >= 11 is 6.54. The summed E-state index contributed by atoms with van der Waals surface area (Å²) in [4.78, 5) is 13.1. The van der Waals surface area contributed by atoms with Gasteiger partial charge in [-0.2, -0.15) is 4.83 Å². The maximum absolute atomic E-state index is 9.94. The molecule has 1 N–H and O–H groups in total. The summed E-state index contributed by atoms with van der Waals surface area (Å²) < 4.78 is 1.20. The van der Waals surface area contributed by atoms with Gasteiger partial charge in [0.2, 0.25) is 0 Å². The van der Waals surface area contributed by atoms with Crippen molar-refractivity contribution in [3.8, 4) is 0 Å². The molecule has 0 aromatic heterocycles. The standard InChI is InChI=1S/C3H3ClN2OS/c4-6-1-3(2-7)8-5-6/h1-2,5H. The average Bonchev–Trinajstić information content (AvgIpc) is 2.14. The maximum atomic E-state index is 9.94. The maximum Gasteiger partial charge on any atom is 0.159 e. The van der Waals surface area contributed by atoms with E-state index < -0.39 is 0 Å². The van der Waals surface area contributed by atoms with Crippen molar-refractivity contribution in [1.29, 1.82) is 0 Å². The number of hydrogen-bond donors (Lipinski definition) is 1. The summed E-state index contributed by atoms with van der Waals surface area (Å²) in [5.41, 5.74) is 0. The molecule has 0 bridgehead atoms. The van der Waals surface area contributed by atoms with Crippen molar-refractivity contribution in [1.82, 2.24) is 9.36 Å². The van der Waals surface area contributed by atoms with Gasteiger partial charge in [0.25, 0.3) is 0 Å². The minimum Gasteiger partial charge on any atom is -0.297 e. The van der Waals surface area contributed by atoms with E-state index in [-0.39, 0.29) is 0 Å². The van der Waals surface area contributed by atoms with Gasteiger partial charge in [0.05, 0.1) is 11.1 Å². The topological polar surface area (TPSA) is 32.3 Å². The van der Waals surface area contributed by atoms with Gasteiger partial charge < -0.3 is 0 Å². The normalized spacial score (nSPS) is 18.6. The molecule has 1 heterocycles. The number of hydrazine groups is 1. The second kappa shape index (κ2) is 2.39. The van der Waals surface area contributed by atoms with E-state index in [9.17, 15) is 4.79 Å². The first kappa shape index (κ1) is 5.94. The molecule has 0 amide bonds. The summed E-state index contributed by atoms with van der Waals surface area (Å²) in [6.07, 6.45) is 2.24. The molecule has 0 saturated heterocycles. The van der Waals surface area contributed by atoms with Crippen molar-refractivity contribution in [2.24, 2.45) is 0 Å². The molecule has 5 heteroatoms. The Morgan fingerprint density at radius 1 is 2.00 bits per heavy atom. The Hall–Kier alpha value is -0.190. The smallest absolute Gasteiger partial charge is 0.159 e. The molecule has 0 unspecified atom stereocenters. The highest BCUT2D eigenvalue weighted by Gasteiger charge is 2.07. The summed E-state index contributed by atoms with van der Waals surface area (Å²) in [5.74, 6) is 0. The van der Waals surface area contributed by atoms with Gasteiger partial charge in [0, 0.05) is 11.8 Å². The molecule has 0 aromatic rings. The highest BCUT2D eigenvalue weighted by molar-refractivity contribution is 8.02. The molecule has 0 atom stereocenters. The van der Waals surface area contributed by atoms with Crippen LogP contribution in [-0.2, 0) is 4.79 Å². The molecule has 1 aliphatic rings. The monoisotopic (exact) mass is 150 g/mol. The van der Waals surface area contributed by atoms with Crippen LogP contribution in [0.15, 0.2) is 11.1 Å². The van der Waals surface area contributed by atoms with Crippen LogP contribution in [0.25, 0.3) is 0 Å². The second-order valence-electron chi connectivity index (χ2n) is 1.15. The lowest BCUT2D eigenvalue weighted by Crippen LogP contribution is -2.10. The molecule has 0 radical (unpaired) electrons. The van der Waals surface area contributed by atoms with E-state index in [2.05, 4.69) is 4.83 Å². The van der Waals surface area contributed by atoms with Gasteiger partial charge in [-0.15, -0.1) is 0 Å². The SMILES string of the molecule is O=CC1=CN(Cl)NS1. The van der Waals surface area contributed by atoms with Crippen LogP contribution in [0.2, 0.25) is 0 Å². The fourth-order valence-corrected chi connectivity index (χ4v) is 1.03. The zero-order valence-corrected chi connectivity index (χ0v) is 5.37. The van der Waals surface area contributed by atoms with Crippen molar-refractivity contribution in [3.63, 3.8) is 0 Å². The third-order valence-corrected chi connectivity index (χ3v) is 1.62. The number of aldehydes is 1. The number of halogens is 1. The van der Waals surface area contributed by atoms with E-state index in [4.69, 9.17) is 11.8 Å². The first-order valence-electron chi connectivity index (χ1n) is 1.87. The Kier molecular flexibility index (Phi) is 1.77. The molecule has 44 valence electrons. The van der Waals surface area contributed by atoms with E-state index in [1.165, 1.54) is 22.7 Å². The number of rotatable bonds is 1. The quantitative estimate of drug-likeness (QED) is 0.338. The van der Waals surface area contributed by atoms with Gasteiger partial charge in [0.1, 0.15) is 0 Å². The first-order valence-corrected chi connectivity index (χ1v) is 3.03. The van der Waals surface area contributed by atoms with Crippen LogP contribution in [0.1, 0.15) is 0 Å². The molecule has 0 fully saturated rings. The summed E-state index contributed by atoms with van der Waals surface area (Å²) in [7, 11) is 0. The van der Waals surface area contributed by atoms with Gasteiger partial charge in [0.15, 0.2) is 6.29 Å². The van der Waals surface area contributed by atoms with Crippen LogP contribution < -0.4 is 4.83 Å². The van der Waals surface area contributed by atoms with E-state index in [1.807, 2.05) is 0 Å². The van der Waals surface area contributed by atoms with Crippen molar-refractivity contribution in [2.45, 2.75) is 0 Å². The molecule has 0 saturated carbocycles. The first-order chi connectivity index (χ1) is 3.83. The minimum absolute atomic E-state index is 0.583. The van der Waals surface area contributed by atoms with Gasteiger partial charge in [-0.25, -0.2) is 4.53 Å². The van der Waals surface area contributed by atoms with E-state index >= 15 is 0 Å². The van der Waals surface area contributed by atoms with Crippen molar-refractivity contribution < 1.29 is 4.79 Å². The predicted octanol–water partition coefficient (Wildman–Crippen LogP) is 0.649. The highest BCUT2D eigenvalue weighted by Crippen LogP contribution is 2.18. The van der Waals surface area contributed by atoms with Crippen LogP contribution in [0.3, 0.4) is 0 Å². The molecule has 0 aliphatic carbocycles. The molecule has 1 rings (SSSR count). The van der Waals surface area contributed by atoms with Crippen molar-refractivity contribution in [2.75, 3.05) is 0 Å². The fraction of sp³-hybridized carbons (Fsp3) is 0. The van der Waals surface area contributed by atoms with Crippen LogP contribution in [-0.4, -0.2) is 10.8 Å². The summed E-state index contributed by atoms with van der Waals surface area (Å²) in [5, 5.41) is 0. The average molecular weight is 151 g/mol.